The molecule has 0 saturated carbocycles. The Morgan fingerprint density at radius 3 is 2.38 bits per heavy atom. The van der Waals surface area contributed by atoms with Gasteiger partial charge >= 0.3 is 0 Å². The van der Waals surface area contributed by atoms with Crippen LogP contribution in [-0.2, 0) is 6.54 Å². The van der Waals surface area contributed by atoms with Crippen molar-refractivity contribution in [3.63, 3.8) is 0 Å². The number of carbonyl (C=O) groups is 3. The first-order valence-electron chi connectivity index (χ1n) is 10.7. The van der Waals surface area contributed by atoms with Crippen molar-refractivity contribution < 1.29 is 18.8 Å². The van der Waals surface area contributed by atoms with E-state index in [1.165, 1.54) is 17.5 Å². The number of rotatable bonds is 4. The van der Waals surface area contributed by atoms with Gasteiger partial charge in [0.15, 0.2) is 0 Å². The topological polar surface area (TPSA) is 74.1 Å². The number of nitrogens with zero attached hydrogens (tertiary/aromatic N) is 3. The SMILES string of the molecule is Cc1ccccc1N1CCN(C(=O)c2ccc3c(c2)C(=O)N(Cc2ccco2)C3=O)CC1. The minimum Gasteiger partial charge on any atom is -0.467 e. The minimum atomic E-state index is -0.402. The molecular formula is C25H23N3O4. The second kappa shape index (κ2) is 8.00. The lowest BCUT2D eigenvalue weighted by Crippen LogP contribution is -2.49. The van der Waals surface area contributed by atoms with Gasteiger partial charge in [-0.05, 0) is 48.9 Å². The normalized spacial score (nSPS) is 16.0. The van der Waals surface area contributed by atoms with Gasteiger partial charge in [-0.1, -0.05) is 18.2 Å². The van der Waals surface area contributed by atoms with Gasteiger partial charge in [-0.15, -0.1) is 0 Å². The summed E-state index contributed by atoms with van der Waals surface area (Å²) < 4.78 is 5.27. The Bertz CT molecular complexity index is 1190. The smallest absolute Gasteiger partial charge is 0.261 e. The van der Waals surface area contributed by atoms with Crippen molar-refractivity contribution in [2.24, 2.45) is 0 Å². The molecule has 7 nitrogen and oxygen atoms in total. The maximum absolute atomic E-state index is 13.1. The minimum absolute atomic E-state index is 0.0729. The van der Waals surface area contributed by atoms with Crippen LogP contribution in [0.5, 0.6) is 0 Å². The highest BCUT2D eigenvalue weighted by Crippen LogP contribution is 2.27. The highest BCUT2D eigenvalue weighted by Gasteiger charge is 2.37. The predicted molar refractivity (Wildman–Crippen MR) is 119 cm³/mol. The number of imide groups is 1. The largest absolute Gasteiger partial charge is 0.467 e. The molecule has 7 heteroatoms. The number of hydrogen-bond donors (Lipinski definition) is 0. The van der Waals surface area contributed by atoms with E-state index in [4.69, 9.17) is 4.42 Å². The zero-order valence-electron chi connectivity index (χ0n) is 17.8. The molecule has 1 aromatic heterocycles. The quantitative estimate of drug-likeness (QED) is 0.595. The van der Waals surface area contributed by atoms with E-state index in [0.29, 0.717) is 30.0 Å². The number of fused-ring (bicyclic) bond motifs is 1. The number of aryl methyl sites for hydroxylation is 1. The number of hydrogen-bond acceptors (Lipinski definition) is 5. The fourth-order valence-corrected chi connectivity index (χ4v) is 4.38. The molecule has 0 N–H and O–H groups in total. The van der Waals surface area contributed by atoms with Crippen LogP contribution < -0.4 is 4.90 Å². The van der Waals surface area contributed by atoms with Crippen LogP contribution in [0.2, 0.25) is 0 Å². The molecule has 0 spiro atoms. The van der Waals surface area contributed by atoms with Gasteiger partial charge in [-0.2, -0.15) is 0 Å². The third kappa shape index (κ3) is 3.45. The highest BCUT2D eigenvalue weighted by molar-refractivity contribution is 6.22. The van der Waals surface area contributed by atoms with Crippen LogP contribution in [0.3, 0.4) is 0 Å². The maximum atomic E-state index is 13.1. The molecule has 3 aromatic rings. The van der Waals surface area contributed by atoms with Gasteiger partial charge < -0.3 is 14.2 Å². The number of benzene rings is 2. The van der Waals surface area contributed by atoms with E-state index in [0.717, 1.165) is 18.0 Å². The van der Waals surface area contributed by atoms with Crippen LogP contribution in [0.4, 0.5) is 5.69 Å². The molecular weight excluding hydrogens is 406 g/mol. The molecule has 0 aliphatic carbocycles. The number of piperazine rings is 1. The van der Waals surface area contributed by atoms with Crippen molar-refractivity contribution in [1.29, 1.82) is 0 Å². The number of furan rings is 1. The summed E-state index contributed by atoms with van der Waals surface area (Å²) in [6.07, 6.45) is 1.50. The lowest BCUT2D eigenvalue weighted by molar-refractivity contribution is 0.0631. The summed E-state index contributed by atoms with van der Waals surface area (Å²) in [5, 5.41) is 0. The molecule has 1 saturated heterocycles. The lowest BCUT2D eigenvalue weighted by atomic mass is 10.0. The summed E-state index contributed by atoms with van der Waals surface area (Å²) >= 11 is 0. The van der Waals surface area contributed by atoms with Gasteiger partial charge in [0.2, 0.25) is 0 Å². The van der Waals surface area contributed by atoms with E-state index in [1.54, 1.807) is 35.2 Å². The molecule has 2 aliphatic rings. The maximum Gasteiger partial charge on any atom is 0.261 e. The van der Waals surface area contributed by atoms with Crippen molar-refractivity contribution in [3.05, 3.63) is 88.9 Å². The van der Waals surface area contributed by atoms with Crippen LogP contribution in [0, 0.1) is 6.92 Å². The van der Waals surface area contributed by atoms with Crippen LogP contribution in [0.1, 0.15) is 42.4 Å². The van der Waals surface area contributed by atoms with Gasteiger partial charge in [0.05, 0.1) is 23.9 Å². The Morgan fingerprint density at radius 1 is 0.906 bits per heavy atom. The molecule has 0 atom stereocenters. The van der Waals surface area contributed by atoms with Gasteiger partial charge in [0.25, 0.3) is 17.7 Å². The molecule has 2 aromatic carbocycles. The number of anilines is 1. The standard InChI is InChI=1S/C25H23N3O4/c1-17-5-2-3-7-22(17)26-10-12-27(13-11-26)23(29)18-8-9-20-21(15-18)25(31)28(24(20)30)16-19-6-4-14-32-19/h2-9,14-15H,10-13,16H2,1H3. The third-order valence-corrected chi connectivity index (χ3v) is 6.13. The molecule has 2 aliphatic heterocycles. The molecule has 162 valence electrons. The average Bonchev–Trinajstić information content (AvgIpc) is 3.42. The van der Waals surface area contributed by atoms with Crippen molar-refractivity contribution >= 4 is 23.4 Å². The van der Waals surface area contributed by atoms with E-state index in [-0.39, 0.29) is 23.9 Å². The molecule has 5 rings (SSSR count). The van der Waals surface area contributed by atoms with Crippen LogP contribution in [-0.4, -0.2) is 53.7 Å². The van der Waals surface area contributed by atoms with Crippen LogP contribution in [0.25, 0.3) is 0 Å². The number of para-hydroxylation sites is 1. The van der Waals surface area contributed by atoms with Crippen molar-refractivity contribution in [2.45, 2.75) is 13.5 Å². The summed E-state index contributed by atoms with van der Waals surface area (Å²) in [7, 11) is 0. The fourth-order valence-electron chi connectivity index (χ4n) is 4.38. The van der Waals surface area contributed by atoms with E-state index >= 15 is 0 Å². The molecule has 0 unspecified atom stereocenters. The van der Waals surface area contributed by atoms with E-state index in [1.807, 2.05) is 12.1 Å². The third-order valence-electron chi connectivity index (χ3n) is 6.13. The van der Waals surface area contributed by atoms with Gasteiger partial charge in [-0.25, -0.2) is 0 Å². The molecule has 0 radical (unpaired) electrons. The van der Waals surface area contributed by atoms with Gasteiger partial charge in [0, 0.05) is 37.4 Å². The van der Waals surface area contributed by atoms with Crippen LogP contribution >= 0.6 is 0 Å². The molecule has 0 bridgehead atoms. The first-order chi connectivity index (χ1) is 15.5. The summed E-state index contributed by atoms with van der Waals surface area (Å²) in [6, 6.07) is 16.4. The molecule has 1 fully saturated rings. The summed E-state index contributed by atoms with van der Waals surface area (Å²) in [6.45, 7) is 4.85. The second-order valence-corrected chi connectivity index (χ2v) is 8.10. The zero-order valence-corrected chi connectivity index (χ0v) is 17.8. The molecule has 3 heterocycles. The summed E-state index contributed by atoms with van der Waals surface area (Å²) in [5.74, 6) is -0.364. The first kappa shape index (κ1) is 20.1. The summed E-state index contributed by atoms with van der Waals surface area (Å²) in [5.41, 5.74) is 3.42. The molecule has 3 amide bonds. The van der Waals surface area contributed by atoms with Gasteiger partial charge in [0.1, 0.15) is 5.76 Å². The Labute approximate surface area is 185 Å². The first-order valence-corrected chi connectivity index (χ1v) is 10.7. The number of amides is 3. The lowest BCUT2D eigenvalue weighted by Gasteiger charge is -2.36. The fraction of sp³-hybridized carbons (Fsp3) is 0.240. The monoisotopic (exact) mass is 429 g/mol. The highest BCUT2D eigenvalue weighted by atomic mass is 16.3. The Hall–Kier alpha value is -3.87. The Morgan fingerprint density at radius 2 is 1.66 bits per heavy atom. The Kier molecular flexibility index (Phi) is 5.01. The van der Waals surface area contributed by atoms with Crippen molar-refractivity contribution in [2.75, 3.05) is 31.1 Å². The second-order valence-electron chi connectivity index (χ2n) is 8.10. The summed E-state index contributed by atoms with van der Waals surface area (Å²) in [4.78, 5) is 43.9. The van der Waals surface area contributed by atoms with E-state index in [2.05, 4.69) is 24.0 Å². The molecule has 32 heavy (non-hydrogen) atoms. The van der Waals surface area contributed by atoms with E-state index in [9.17, 15) is 14.4 Å². The van der Waals surface area contributed by atoms with Crippen LogP contribution in [0.15, 0.2) is 65.3 Å². The Balaban J connectivity index is 1.29. The average molecular weight is 429 g/mol. The van der Waals surface area contributed by atoms with Crippen molar-refractivity contribution in [3.8, 4) is 0 Å². The van der Waals surface area contributed by atoms with Gasteiger partial charge in [-0.3, -0.25) is 19.3 Å². The van der Waals surface area contributed by atoms with Crippen molar-refractivity contribution in [1.82, 2.24) is 9.80 Å². The number of carbonyl (C=O) groups excluding carboxylic acids is 3. The predicted octanol–water partition coefficient (Wildman–Crippen LogP) is 3.35. The zero-order chi connectivity index (χ0) is 22.2. The van der Waals surface area contributed by atoms with E-state index < -0.39 is 5.91 Å².